The Kier molecular flexibility index (Phi) is 4.22. The van der Waals surface area contributed by atoms with Crippen LogP contribution in [0.2, 0.25) is 0 Å². The number of nitrogens with two attached hydrogens (primary N) is 1. The van der Waals surface area contributed by atoms with Crippen LogP contribution in [0.4, 0.5) is 13.2 Å². The third kappa shape index (κ3) is 3.26. The molecule has 6 heteroatoms. The van der Waals surface area contributed by atoms with Crippen molar-refractivity contribution in [1.29, 1.82) is 0 Å². The first-order valence-electron chi connectivity index (χ1n) is 5.07. The maximum absolute atomic E-state index is 12.5. The van der Waals surface area contributed by atoms with Crippen LogP contribution in [0.1, 0.15) is 17.5 Å². The molecule has 1 rings (SSSR count). The van der Waals surface area contributed by atoms with Gasteiger partial charge in [0.25, 0.3) is 0 Å². The van der Waals surface area contributed by atoms with Gasteiger partial charge in [0, 0.05) is 5.56 Å². The molecule has 0 fully saturated rings. The third-order valence-corrected chi connectivity index (χ3v) is 2.36. The Morgan fingerprint density at radius 2 is 2.00 bits per heavy atom. The number of methoxy groups -OCH3 is 1. The number of phenolic OH excluding ortho intramolecular Hbond substituents is 1. The van der Waals surface area contributed by atoms with Gasteiger partial charge < -0.3 is 15.6 Å². The first kappa shape index (κ1) is 13.6. The summed E-state index contributed by atoms with van der Waals surface area (Å²) < 4.78 is 42.3. The number of aromatic hydroxyl groups is 1. The van der Waals surface area contributed by atoms with E-state index in [1.807, 2.05) is 0 Å². The largest absolute Gasteiger partial charge is 0.508 e. The van der Waals surface area contributed by atoms with Crippen molar-refractivity contribution in [2.45, 2.75) is 19.0 Å². The number of rotatable bonds is 4. The van der Waals surface area contributed by atoms with Gasteiger partial charge in [-0.15, -0.1) is 0 Å². The first-order valence-corrected chi connectivity index (χ1v) is 5.07. The zero-order chi connectivity index (χ0) is 13.1. The smallest absolute Gasteiger partial charge is 0.416 e. The van der Waals surface area contributed by atoms with E-state index in [4.69, 9.17) is 10.5 Å². The number of ether oxygens (including phenoxy) is 1. The normalized spacial score (nSPS) is 11.6. The summed E-state index contributed by atoms with van der Waals surface area (Å²) in [5, 5.41) is 9.57. The van der Waals surface area contributed by atoms with Gasteiger partial charge in [-0.1, -0.05) is 0 Å². The van der Waals surface area contributed by atoms with E-state index < -0.39 is 17.5 Å². The van der Waals surface area contributed by atoms with Crippen LogP contribution < -0.4 is 10.5 Å². The lowest BCUT2D eigenvalue weighted by molar-refractivity contribution is -0.137. The van der Waals surface area contributed by atoms with Crippen LogP contribution >= 0.6 is 0 Å². The molecule has 0 aromatic heterocycles. The molecule has 0 spiro atoms. The van der Waals surface area contributed by atoms with Gasteiger partial charge in [0.1, 0.15) is 11.5 Å². The summed E-state index contributed by atoms with van der Waals surface area (Å²) in [4.78, 5) is 0. The highest BCUT2D eigenvalue weighted by Crippen LogP contribution is 2.38. The van der Waals surface area contributed by atoms with Crippen molar-refractivity contribution in [3.05, 3.63) is 23.3 Å². The predicted octanol–water partition coefficient (Wildman–Crippen LogP) is 2.31. The fourth-order valence-corrected chi connectivity index (χ4v) is 1.51. The second-order valence-electron chi connectivity index (χ2n) is 3.57. The Labute approximate surface area is 97.0 Å². The second-order valence-corrected chi connectivity index (χ2v) is 3.57. The van der Waals surface area contributed by atoms with Crippen LogP contribution in [0.25, 0.3) is 0 Å². The summed E-state index contributed by atoms with van der Waals surface area (Å²) in [5.74, 6) is -0.379. The molecule has 0 atom stereocenters. The Bertz CT molecular complexity index is 391. The van der Waals surface area contributed by atoms with E-state index in [2.05, 4.69) is 0 Å². The van der Waals surface area contributed by atoms with Crippen molar-refractivity contribution in [3.63, 3.8) is 0 Å². The number of alkyl halides is 3. The van der Waals surface area contributed by atoms with Gasteiger partial charge in [0.2, 0.25) is 0 Å². The average Bonchev–Trinajstić information content (AvgIpc) is 2.25. The molecule has 0 bridgehead atoms. The Morgan fingerprint density at radius 1 is 1.35 bits per heavy atom. The fraction of sp³-hybridized carbons (Fsp3) is 0.455. The quantitative estimate of drug-likeness (QED) is 0.860. The molecule has 0 heterocycles. The lowest BCUT2D eigenvalue weighted by atomic mass is 10.0. The predicted molar refractivity (Wildman–Crippen MR) is 57.0 cm³/mol. The van der Waals surface area contributed by atoms with Crippen molar-refractivity contribution in [2.75, 3.05) is 13.7 Å². The summed E-state index contributed by atoms with van der Waals surface area (Å²) in [5.41, 5.74) is 4.74. The highest BCUT2D eigenvalue weighted by Gasteiger charge is 2.32. The van der Waals surface area contributed by atoms with Gasteiger partial charge in [-0.2, -0.15) is 13.2 Å². The molecule has 0 unspecified atom stereocenters. The Balaban J connectivity index is 3.16. The summed E-state index contributed by atoms with van der Waals surface area (Å²) in [7, 11) is 1.26. The maximum atomic E-state index is 12.5. The Morgan fingerprint density at radius 3 is 2.47 bits per heavy atom. The van der Waals surface area contributed by atoms with Crippen LogP contribution in [-0.2, 0) is 12.6 Å². The molecular formula is C11H14F3NO2. The summed E-state index contributed by atoms with van der Waals surface area (Å²) >= 11 is 0. The molecule has 0 aliphatic carbocycles. The zero-order valence-electron chi connectivity index (χ0n) is 9.34. The van der Waals surface area contributed by atoms with E-state index in [1.54, 1.807) is 0 Å². The highest BCUT2D eigenvalue weighted by molar-refractivity contribution is 5.48. The van der Waals surface area contributed by atoms with E-state index in [0.29, 0.717) is 31.0 Å². The van der Waals surface area contributed by atoms with Crippen LogP contribution in [0, 0.1) is 0 Å². The molecule has 0 aliphatic rings. The van der Waals surface area contributed by atoms with E-state index in [0.717, 1.165) is 6.07 Å². The van der Waals surface area contributed by atoms with Gasteiger partial charge in [-0.05, 0) is 31.5 Å². The van der Waals surface area contributed by atoms with E-state index >= 15 is 0 Å². The zero-order valence-corrected chi connectivity index (χ0v) is 9.34. The first-order chi connectivity index (χ1) is 7.90. The minimum absolute atomic E-state index is 0.0331. The maximum Gasteiger partial charge on any atom is 0.416 e. The van der Waals surface area contributed by atoms with Gasteiger partial charge >= 0.3 is 6.18 Å². The lowest BCUT2D eigenvalue weighted by Crippen LogP contribution is -2.07. The van der Waals surface area contributed by atoms with Gasteiger partial charge in [0.05, 0.1) is 12.7 Å². The van der Waals surface area contributed by atoms with Crippen LogP contribution in [0.15, 0.2) is 12.1 Å². The van der Waals surface area contributed by atoms with Crippen LogP contribution in [0.5, 0.6) is 11.5 Å². The minimum Gasteiger partial charge on any atom is -0.508 e. The molecule has 0 amide bonds. The molecule has 3 N–H and O–H groups in total. The minimum atomic E-state index is -4.50. The molecule has 1 aromatic rings. The van der Waals surface area contributed by atoms with Gasteiger partial charge in [-0.3, -0.25) is 0 Å². The van der Waals surface area contributed by atoms with E-state index in [9.17, 15) is 18.3 Å². The van der Waals surface area contributed by atoms with Crippen LogP contribution in [0.3, 0.4) is 0 Å². The molecular weight excluding hydrogens is 235 g/mol. The van der Waals surface area contributed by atoms with Gasteiger partial charge in [0.15, 0.2) is 0 Å². The number of hydrogen-bond donors (Lipinski definition) is 2. The molecule has 3 nitrogen and oxygen atoms in total. The van der Waals surface area contributed by atoms with Crippen molar-refractivity contribution in [2.24, 2.45) is 5.73 Å². The van der Waals surface area contributed by atoms with Gasteiger partial charge in [-0.25, -0.2) is 0 Å². The average molecular weight is 249 g/mol. The molecule has 17 heavy (non-hydrogen) atoms. The number of benzene rings is 1. The van der Waals surface area contributed by atoms with Crippen molar-refractivity contribution in [1.82, 2.24) is 0 Å². The Hall–Kier alpha value is -1.43. The fourth-order valence-electron chi connectivity index (χ4n) is 1.51. The molecule has 0 radical (unpaired) electrons. The molecule has 1 aromatic carbocycles. The summed E-state index contributed by atoms with van der Waals surface area (Å²) in [6, 6.07) is 1.58. The number of hydrogen-bond acceptors (Lipinski definition) is 3. The summed E-state index contributed by atoms with van der Waals surface area (Å²) in [6.07, 6.45) is -3.56. The SMILES string of the molecule is COc1cc(C(F)(F)F)cc(O)c1CCCN. The van der Waals surface area contributed by atoms with Crippen LogP contribution in [-0.4, -0.2) is 18.8 Å². The van der Waals surface area contributed by atoms with Crippen molar-refractivity contribution < 1.29 is 23.0 Å². The van der Waals surface area contributed by atoms with Crippen molar-refractivity contribution >= 4 is 0 Å². The number of phenols is 1. The topological polar surface area (TPSA) is 55.5 Å². The van der Waals surface area contributed by atoms with Crippen molar-refractivity contribution in [3.8, 4) is 11.5 Å². The second kappa shape index (κ2) is 5.27. The molecule has 0 aliphatic heterocycles. The standard InChI is InChI=1S/C11H14F3NO2/c1-17-10-6-7(11(12,13)14)5-9(16)8(10)3-2-4-15/h5-6,16H,2-4,15H2,1H3. The van der Waals surface area contributed by atoms with E-state index in [1.165, 1.54) is 7.11 Å². The summed E-state index contributed by atoms with van der Waals surface area (Å²) in [6.45, 7) is 0.392. The molecule has 0 saturated heterocycles. The third-order valence-electron chi connectivity index (χ3n) is 2.36. The van der Waals surface area contributed by atoms with E-state index in [-0.39, 0.29) is 5.75 Å². The lowest BCUT2D eigenvalue weighted by Gasteiger charge is -2.14. The number of halogens is 3. The molecule has 0 saturated carbocycles. The molecule has 96 valence electrons. The monoisotopic (exact) mass is 249 g/mol. The highest BCUT2D eigenvalue weighted by atomic mass is 19.4.